The molecule has 0 radical (unpaired) electrons. The molecule has 8 heteroatoms. The van der Waals surface area contributed by atoms with E-state index in [0.717, 1.165) is 22.6 Å². The molecule has 1 aliphatic carbocycles. The van der Waals surface area contributed by atoms with Gasteiger partial charge in [-0.1, -0.05) is 12.8 Å². The zero-order valence-electron chi connectivity index (χ0n) is 14.6. The predicted molar refractivity (Wildman–Crippen MR) is 95.6 cm³/mol. The van der Waals surface area contributed by atoms with Gasteiger partial charge in [-0.25, -0.2) is 8.42 Å². The first-order valence-electron chi connectivity index (χ1n) is 8.58. The van der Waals surface area contributed by atoms with Crippen molar-refractivity contribution >= 4 is 27.3 Å². The van der Waals surface area contributed by atoms with Crippen LogP contribution in [0.5, 0.6) is 0 Å². The lowest BCUT2D eigenvalue weighted by Gasteiger charge is -2.37. The number of rotatable bonds is 3. The van der Waals surface area contributed by atoms with Crippen molar-refractivity contribution < 1.29 is 13.2 Å². The van der Waals surface area contributed by atoms with Gasteiger partial charge in [0, 0.05) is 35.9 Å². The monoisotopic (exact) mass is 381 g/mol. The fourth-order valence-electron chi connectivity index (χ4n) is 3.79. The average molecular weight is 382 g/mol. The second-order valence-corrected chi connectivity index (χ2v) is 10.2. The van der Waals surface area contributed by atoms with Crippen molar-refractivity contribution in [1.29, 1.82) is 5.26 Å². The molecule has 0 unspecified atom stereocenters. The normalized spacial score (nSPS) is 21.2. The van der Waals surface area contributed by atoms with Crippen LogP contribution in [0, 0.1) is 30.6 Å². The van der Waals surface area contributed by atoms with Crippen molar-refractivity contribution in [2.75, 3.05) is 26.2 Å². The number of aryl methyl sites for hydroxylation is 2. The lowest BCUT2D eigenvalue weighted by Crippen LogP contribution is -2.53. The Bertz CT molecular complexity index is 809. The molecular formula is C17H23N3O3S2. The molecule has 0 N–H and O–H groups in total. The van der Waals surface area contributed by atoms with Crippen LogP contribution in [-0.2, 0) is 14.8 Å². The maximum absolute atomic E-state index is 12.9. The summed E-state index contributed by atoms with van der Waals surface area (Å²) >= 11 is 1.48. The predicted octanol–water partition coefficient (Wildman–Crippen LogP) is 2.28. The summed E-state index contributed by atoms with van der Waals surface area (Å²) in [5.41, 5.74) is -0.887. The Morgan fingerprint density at radius 1 is 1.20 bits per heavy atom. The summed E-state index contributed by atoms with van der Waals surface area (Å²) in [6, 6.07) is 3.95. The van der Waals surface area contributed by atoms with E-state index in [4.69, 9.17) is 0 Å². The van der Waals surface area contributed by atoms with Crippen LogP contribution in [-0.4, -0.2) is 49.7 Å². The van der Waals surface area contributed by atoms with Gasteiger partial charge in [0.25, 0.3) is 0 Å². The number of carbonyl (C=O) groups is 1. The lowest BCUT2D eigenvalue weighted by atomic mass is 9.86. The number of piperazine rings is 1. The number of sulfonamides is 1. The highest BCUT2D eigenvalue weighted by molar-refractivity contribution is 7.89. The Kier molecular flexibility index (Phi) is 4.93. The summed E-state index contributed by atoms with van der Waals surface area (Å²) in [6.07, 6.45) is 3.05. The van der Waals surface area contributed by atoms with Crippen molar-refractivity contribution in [3.05, 3.63) is 15.8 Å². The number of amides is 1. The second kappa shape index (κ2) is 6.71. The molecule has 2 heterocycles. The Labute approximate surface area is 153 Å². The molecule has 136 valence electrons. The van der Waals surface area contributed by atoms with E-state index in [9.17, 15) is 18.5 Å². The summed E-state index contributed by atoms with van der Waals surface area (Å²) in [6.45, 7) is 4.98. The number of hydrogen-bond donors (Lipinski definition) is 0. The van der Waals surface area contributed by atoms with E-state index < -0.39 is 15.4 Å². The van der Waals surface area contributed by atoms with Crippen molar-refractivity contribution in [2.45, 2.75) is 44.4 Å². The van der Waals surface area contributed by atoms with Gasteiger partial charge in [-0.05, 0) is 32.8 Å². The summed E-state index contributed by atoms with van der Waals surface area (Å²) in [5.74, 6) is -0.118. The number of nitriles is 1. The maximum Gasteiger partial charge on any atom is 0.244 e. The molecule has 1 amide bonds. The minimum atomic E-state index is -3.52. The Hall–Kier alpha value is -1.43. The number of hydrogen-bond acceptors (Lipinski definition) is 5. The Morgan fingerprint density at radius 3 is 2.28 bits per heavy atom. The highest BCUT2D eigenvalue weighted by Crippen LogP contribution is 2.39. The summed E-state index contributed by atoms with van der Waals surface area (Å²) in [7, 11) is -3.52. The van der Waals surface area contributed by atoms with Crippen LogP contribution in [0.15, 0.2) is 11.0 Å². The lowest BCUT2D eigenvalue weighted by molar-refractivity contribution is -0.140. The second-order valence-electron chi connectivity index (χ2n) is 6.87. The van der Waals surface area contributed by atoms with E-state index in [2.05, 4.69) is 6.07 Å². The molecule has 2 aliphatic rings. The molecular weight excluding hydrogens is 358 g/mol. The van der Waals surface area contributed by atoms with Crippen molar-refractivity contribution in [3.8, 4) is 6.07 Å². The molecule has 6 nitrogen and oxygen atoms in total. The molecule has 1 aliphatic heterocycles. The molecule has 1 saturated heterocycles. The number of thiophene rings is 1. The first-order valence-corrected chi connectivity index (χ1v) is 10.8. The molecule has 25 heavy (non-hydrogen) atoms. The van der Waals surface area contributed by atoms with Gasteiger partial charge in [-0.15, -0.1) is 11.3 Å². The topological polar surface area (TPSA) is 81.5 Å². The largest absolute Gasteiger partial charge is 0.339 e. The van der Waals surface area contributed by atoms with Gasteiger partial charge in [0.05, 0.1) is 11.0 Å². The van der Waals surface area contributed by atoms with Gasteiger partial charge in [0.2, 0.25) is 15.9 Å². The molecule has 2 fully saturated rings. The van der Waals surface area contributed by atoms with Crippen LogP contribution in [0.4, 0.5) is 0 Å². The molecule has 1 aromatic heterocycles. The van der Waals surface area contributed by atoms with Crippen LogP contribution in [0.1, 0.15) is 35.4 Å². The van der Waals surface area contributed by atoms with E-state index in [1.54, 1.807) is 11.0 Å². The third-order valence-electron chi connectivity index (χ3n) is 5.22. The van der Waals surface area contributed by atoms with E-state index >= 15 is 0 Å². The minimum absolute atomic E-state index is 0.118. The fraction of sp³-hybridized carbons (Fsp3) is 0.647. The third kappa shape index (κ3) is 3.21. The first kappa shape index (κ1) is 18.4. The third-order valence-corrected chi connectivity index (χ3v) is 8.34. The van der Waals surface area contributed by atoms with Crippen LogP contribution in [0.3, 0.4) is 0 Å². The van der Waals surface area contributed by atoms with Crippen LogP contribution >= 0.6 is 11.3 Å². The van der Waals surface area contributed by atoms with Gasteiger partial charge >= 0.3 is 0 Å². The van der Waals surface area contributed by atoms with Crippen molar-refractivity contribution in [1.82, 2.24) is 9.21 Å². The maximum atomic E-state index is 12.9. The molecule has 1 aromatic rings. The zero-order valence-corrected chi connectivity index (χ0v) is 16.3. The Balaban J connectivity index is 1.71. The smallest absolute Gasteiger partial charge is 0.244 e. The molecule has 0 aromatic carbocycles. The van der Waals surface area contributed by atoms with Gasteiger partial charge in [-0.3, -0.25) is 4.79 Å². The standard InChI is InChI=1S/C17H23N3O3S2/c1-13-11-15(14(2)24-13)25(22,23)20-9-7-19(8-10-20)16(21)17(12-18)5-3-4-6-17/h11H,3-10H2,1-2H3. The molecule has 0 bridgehead atoms. The molecule has 3 rings (SSSR count). The van der Waals surface area contributed by atoms with E-state index in [0.29, 0.717) is 30.8 Å². The van der Waals surface area contributed by atoms with Crippen LogP contribution < -0.4 is 0 Å². The van der Waals surface area contributed by atoms with E-state index in [-0.39, 0.29) is 19.0 Å². The van der Waals surface area contributed by atoms with Gasteiger partial charge in [0.1, 0.15) is 5.41 Å². The van der Waals surface area contributed by atoms with Crippen molar-refractivity contribution in [2.24, 2.45) is 5.41 Å². The highest BCUT2D eigenvalue weighted by atomic mass is 32.2. The molecule has 1 saturated carbocycles. The quantitative estimate of drug-likeness (QED) is 0.804. The fourth-order valence-corrected chi connectivity index (χ4v) is 6.73. The average Bonchev–Trinajstić information content (AvgIpc) is 3.21. The SMILES string of the molecule is Cc1cc(S(=O)(=O)N2CCN(C(=O)C3(C#N)CCCC3)CC2)c(C)s1. The van der Waals surface area contributed by atoms with E-state index in [1.165, 1.54) is 15.6 Å². The summed E-state index contributed by atoms with van der Waals surface area (Å²) in [4.78, 5) is 16.6. The minimum Gasteiger partial charge on any atom is -0.339 e. The number of nitrogens with zero attached hydrogens (tertiary/aromatic N) is 3. The van der Waals surface area contributed by atoms with E-state index in [1.807, 2.05) is 13.8 Å². The summed E-state index contributed by atoms with van der Waals surface area (Å²) in [5, 5.41) is 9.48. The van der Waals surface area contributed by atoms with Gasteiger partial charge < -0.3 is 4.90 Å². The van der Waals surface area contributed by atoms with Crippen molar-refractivity contribution in [3.63, 3.8) is 0 Å². The van der Waals surface area contributed by atoms with Gasteiger partial charge in [0.15, 0.2) is 0 Å². The first-order chi connectivity index (χ1) is 11.8. The highest BCUT2D eigenvalue weighted by Gasteiger charge is 2.45. The van der Waals surface area contributed by atoms with Gasteiger partial charge in [-0.2, -0.15) is 9.57 Å². The van der Waals surface area contributed by atoms with Crippen LogP contribution in [0.25, 0.3) is 0 Å². The molecule has 0 atom stereocenters. The zero-order chi connectivity index (χ0) is 18.2. The summed E-state index contributed by atoms with van der Waals surface area (Å²) < 4.78 is 27.2. The Morgan fingerprint density at radius 2 is 1.80 bits per heavy atom. The number of carbonyl (C=O) groups excluding carboxylic acids is 1. The van der Waals surface area contributed by atoms with Crippen LogP contribution in [0.2, 0.25) is 0 Å². The molecule has 0 spiro atoms.